The minimum Gasteiger partial charge on any atom is -0.376 e. The first-order valence-electron chi connectivity index (χ1n) is 19.1. The van der Waals surface area contributed by atoms with Crippen molar-refractivity contribution in [3.05, 3.63) is 0 Å². The topological polar surface area (TPSA) is 18.5 Å². The van der Waals surface area contributed by atoms with Gasteiger partial charge in [-0.1, -0.05) is 181 Å². The van der Waals surface area contributed by atoms with Gasteiger partial charge in [0.25, 0.3) is 0 Å². The van der Waals surface area contributed by atoms with E-state index >= 15 is 0 Å². The molecule has 0 aromatic carbocycles. The van der Waals surface area contributed by atoms with Crippen LogP contribution in [0.4, 0.5) is 0 Å². The van der Waals surface area contributed by atoms with Crippen LogP contribution in [0.1, 0.15) is 194 Å². The smallest absolute Gasteiger partial charge is 0.102 e. The highest BCUT2D eigenvalue weighted by atomic mass is 16.5. The maximum Gasteiger partial charge on any atom is 0.102 e. The second-order valence-corrected chi connectivity index (χ2v) is 13.8. The van der Waals surface area contributed by atoms with Crippen molar-refractivity contribution in [3.8, 4) is 0 Å². The van der Waals surface area contributed by atoms with Crippen molar-refractivity contribution in [2.24, 2.45) is 0 Å². The van der Waals surface area contributed by atoms with Gasteiger partial charge in [0.15, 0.2) is 0 Å². The van der Waals surface area contributed by atoms with Crippen LogP contribution in [-0.2, 0) is 9.47 Å². The fourth-order valence-electron chi connectivity index (χ4n) is 5.74. The molecule has 0 bridgehead atoms. The molecule has 0 heterocycles. The summed E-state index contributed by atoms with van der Waals surface area (Å²) in [5.41, 5.74) is 0. The molecule has 41 heavy (non-hydrogen) atoms. The Balaban J connectivity index is 3.26. The number of rotatable bonds is 36. The minimum absolute atomic E-state index is 0.879. The lowest BCUT2D eigenvalue weighted by Gasteiger charge is -2.29. The normalized spacial score (nSPS) is 12.0. The van der Waals surface area contributed by atoms with Gasteiger partial charge in [-0.2, -0.15) is 0 Å². The van der Waals surface area contributed by atoms with Crippen LogP contribution in [0.5, 0.6) is 0 Å². The molecule has 0 saturated heterocycles. The van der Waals surface area contributed by atoms with Crippen molar-refractivity contribution in [3.63, 3.8) is 0 Å². The van der Waals surface area contributed by atoms with Gasteiger partial charge in [-0.25, -0.2) is 0 Å². The van der Waals surface area contributed by atoms with Gasteiger partial charge in [0.2, 0.25) is 0 Å². The molecular weight excluding hydrogens is 502 g/mol. The Labute approximate surface area is 260 Å². The zero-order valence-electron chi connectivity index (χ0n) is 29.3. The Morgan fingerprint density at radius 2 is 0.512 bits per heavy atom. The summed E-state index contributed by atoms with van der Waals surface area (Å²) in [6, 6.07) is 0. The predicted octanol–water partition coefficient (Wildman–Crippen LogP) is 12.1. The fourth-order valence-corrected chi connectivity index (χ4v) is 5.74. The molecule has 0 aromatic rings. The summed E-state index contributed by atoms with van der Waals surface area (Å²) in [6.45, 7) is 10.4. The predicted molar refractivity (Wildman–Crippen MR) is 184 cm³/mol. The zero-order valence-corrected chi connectivity index (χ0v) is 29.3. The number of hydrogen-bond donors (Lipinski definition) is 0. The van der Waals surface area contributed by atoms with Gasteiger partial charge in [-0.3, -0.25) is 0 Å². The third kappa shape index (κ3) is 36.0. The average Bonchev–Trinajstić information content (AvgIpc) is 2.96. The molecule has 0 N–H and O–H groups in total. The Morgan fingerprint density at radius 1 is 0.293 bits per heavy atom. The first-order valence-corrected chi connectivity index (χ1v) is 19.1. The van der Waals surface area contributed by atoms with Crippen LogP contribution in [0.15, 0.2) is 0 Å². The molecule has 0 unspecified atom stereocenters. The molecule has 0 amide bonds. The highest BCUT2D eigenvalue weighted by molar-refractivity contribution is 4.51. The van der Waals surface area contributed by atoms with Gasteiger partial charge >= 0.3 is 0 Å². The number of nitrogens with zero attached hydrogens (tertiary/aromatic N) is 1. The Morgan fingerprint density at radius 3 is 0.756 bits per heavy atom. The lowest BCUT2D eigenvalue weighted by atomic mass is 10.0. The summed E-state index contributed by atoms with van der Waals surface area (Å²) in [7, 11) is 4.62. The molecule has 248 valence electrons. The SMILES string of the molecule is CCCCCCCCCCCCCCCCOCC[N+](C)(C)CCOCCCCCCCCCCCCCCCC. The molecule has 0 aromatic heterocycles. The van der Waals surface area contributed by atoms with Crippen LogP contribution in [0.25, 0.3) is 0 Å². The summed E-state index contributed by atoms with van der Waals surface area (Å²) in [5, 5.41) is 0. The number of hydrogen-bond acceptors (Lipinski definition) is 2. The van der Waals surface area contributed by atoms with E-state index in [0.717, 1.165) is 44.0 Å². The van der Waals surface area contributed by atoms with Crippen molar-refractivity contribution in [1.29, 1.82) is 0 Å². The van der Waals surface area contributed by atoms with Crippen LogP contribution in [0, 0.1) is 0 Å². The quantitative estimate of drug-likeness (QED) is 0.0540. The summed E-state index contributed by atoms with van der Waals surface area (Å²) >= 11 is 0. The standard InChI is InChI=1S/C38H80NO2/c1-5-7-9-11-13-15-17-19-21-23-25-27-29-31-35-40-37-33-39(3,4)34-38-41-36-32-30-28-26-24-22-20-18-16-14-12-10-8-6-2/h5-38H2,1-4H3/q+1. The first-order chi connectivity index (χ1) is 20.1. The Kier molecular flexibility index (Phi) is 34.3. The molecule has 0 aliphatic carbocycles. The molecule has 3 nitrogen and oxygen atoms in total. The van der Waals surface area contributed by atoms with Crippen molar-refractivity contribution in [1.82, 2.24) is 0 Å². The molecule has 0 rings (SSSR count). The number of likely N-dealkylation sites (N-methyl/N-ethyl adjacent to an activating group) is 1. The lowest BCUT2D eigenvalue weighted by molar-refractivity contribution is -0.891. The maximum atomic E-state index is 5.96. The molecule has 0 saturated carbocycles. The lowest BCUT2D eigenvalue weighted by Crippen LogP contribution is -2.44. The summed E-state index contributed by atoms with van der Waals surface area (Å²) in [6.07, 6.45) is 39.6. The Hall–Kier alpha value is -0.120. The molecule has 0 spiro atoms. The maximum absolute atomic E-state index is 5.96. The Bertz CT molecular complexity index is 427. The average molecular weight is 583 g/mol. The minimum atomic E-state index is 0.879. The second kappa shape index (κ2) is 34.4. The summed E-state index contributed by atoms with van der Waals surface area (Å²) < 4.78 is 12.9. The van der Waals surface area contributed by atoms with E-state index in [2.05, 4.69) is 27.9 Å². The zero-order chi connectivity index (χ0) is 30.0. The van der Waals surface area contributed by atoms with Gasteiger partial charge in [-0.05, 0) is 12.8 Å². The van der Waals surface area contributed by atoms with Crippen LogP contribution < -0.4 is 0 Å². The van der Waals surface area contributed by atoms with E-state index in [1.54, 1.807) is 0 Å². The summed E-state index contributed by atoms with van der Waals surface area (Å²) in [5.74, 6) is 0. The molecular formula is C38H80NO2+. The van der Waals surface area contributed by atoms with E-state index in [9.17, 15) is 0 Å². The van der Waals surface area contributed by atoms with Crippen LogP contribution in [0.2, 0.25) is 0 Å². The van der Waals surface area contributed by atoms with Gasteiger partial charge in [-0.15, -0.1) is 0 Å². The van der Waals surface area contributed by atoms with E-state index in [4.69, 9.17) is 9.47 Å². The first kappa shape index (κ1) is 40.9. The van der Waals surface area contributed by atoms with E-state index in [1.165, 1.54) is 180 Å². The van der Waals surface area contributed by atoms with Crippen molar-refractivity contribution in [2.75, 3.05) is 53.6 Å². The van der Waals surface area contributed by atoms with E-state index in [1.807, 2.05) is 0 Å². The second-order valence-electron chi connectivity index (χ2n) is 13.8. The van der Waals surface area contributed by atoms with Gasteiger partial charge in [0.05, 0.1) is 27.3 Å². The highest BCUT2D eigenvalue weighted by Crippen LogP contribution is 2.14. The van der Waals surface area contributed by atoms with Crippen LogP contribution in [-0.4, -0.2) is 58.1 Å². The molecule has 0 aliphatic heterocycles. The van der Waals surface area contributed by atoms with E-state index in [-0.39, 0.29) is 0 Å². The molecule has 0 atom stereocenters. The van der Waals surface area contributed by atoms with Gasteiger partial charge in [0, 0.05) is 13.2 Å². The molecule has 0 fully saturated rings. The monoisotopic (exact) mass is 583 g/mol. The summed E-state index contributed by atoms with van der Waals surface area (Å²) in [4.78, 5) is 0. The number of unbranched alkanes of at least 4 members (excludes halogenated alkanes) is 26. The van der Waals surface area contributed by atoms with Crippen LogP contribution >= 0.6 is 0 Å². The largest absolute Gasteiger partial charge is 0.376 e. The van der Waals surface area contributed by atoms with Gasteiger partial charge < -0.3 is 14.0 Å². The van der Waals surface area contributed by atoms with Crippen molar-refractivity contribution in [2.45, 2.75) is 194 Å². The van der Waals surface area contributed by atoms with E-state index in [0.29, 0.717) is 0 Å². The van der Waals surface area contributed by atoms with Crippen LogP contribution in [0.3, 0.4) is 0 Å². The molecule has 3 heteroatoms. The fraction of sp³-hybridized carbons (Fsp3) is 1.00. The third-order valence-electron chi connectivity index (χ3n) is 8.97. The third-order valence-corrected chi connectivity index (χ3v) is 8.97. The number of ether oxygens (including phenoxy) is 2. The van der Waals surface area contributed by atoms with Crippen molar-refractivity contribution >= 4 is 0 Å². The number of quaternary nitrogens is 1. The molecule has 0 aliphatic rings. The molecule has 0 radical (unpaired) electrons. The highest BCUT2D eigenvalue weighted by Gasteiger charge is 2.14. The van der Waals surface area contributed by atoms with Gasteiger partial charge in [0.1, 0.15) is 13.1 Å². The van der Waals surface area contributed by atoms with Crippen molar-refractivity contribution < 1.29 is 14.0 Å². The van der Waals surface area contributed by atoms with E-state index < -0.39 is 0 Å².